The normalized spacial score (nSPS) is 15.1. The second-order valence-electron chi connectivity index (χ2n) is 14.3. The minimum atomic E-state index is -4.76. The van der Waals surface area contributed by atoms with Crippen molar-refractivity contribution in [2.24, 2.45) is 5.73 Å². The van der Waals surface area contributed by atoms with E-state index >= 15 is 0 Å². The van der Waals surface area contributed by atoms with Crippen LogP contribution in [0.1, 0.15) is 149 Å². The number of carbonyl (C=O) groups excluding carboxylic acids is 2. The number of aliphatic carboxylic acids is 1. The Kier molecular flexibility index (Phi) is 37.8. The van der Waals surface area contributed by atoms with Crippen LogP contribution in [0, 0.1) is 0 Å². The molecule has 0 aromatic carbocycles. The molecular weight excluding hydrogens is 773 g/mol. The molecule has 0 aliphatic heterocycles. The van der Waals surface area contributed by atoms with E-state index in [-0.39, 0.29) is 18.9 Å². The third kappa shape index (κ3) is 39.8. The van der Waals surface area contributed by atoms with Crippen LogP contribution in [0.15, 0.2) is 85.1 Å². The van der Waals surface area contributed by atoms with E-state index in [1.54, 1.807) is 0 Å². The number of aliphatic hydroxyl groups excluding tert-OH is 1. The van der Waals surface area contributed by atoms with Gasteiger partial charge in [0.25, 0.3) is 0 Å². The Bertz CT molecular complexity index is 1340. The number of carboxylic acids is 1. The molecule has 0 spiro atoms. The summed E-state index contributed by atoms with van der Waals surface area (Å²) in [7, 11) is -4.76. The van der Waals surface area contributed by atoms with Gasteiger partial charge < -0.3 is 30.3 Å². The van der Waals surface area contributed by atoms with Crippen LogP contribution < -0.4 is 5.73 Å². The molecule has 0 radical (unpaired) electrons. The summed E-state index contributed by atoms with van der Waals surface area (Å²) in [5, 5.41) is 18.7. The summed E-state index contributed by atoms with van der Waals surface area (Å²) < 4.78 is 32.5. The number of carbonyl (C=O) groups is 3. The molecule has 0 aromatic rings. The monoisotopic (exact) mass is 850 g/mol. The molecule has 5 N–H and O–H groups in total. The van der Waals surface area contributed by atoms with Gasteiger partial charge in [-0.2, -0.15) is 0 Å². The molecule has 0 aliphatic carbocycles. The third-order valence-corrected chi connectivity index (χ3v) is 9.64. The maximum absolute atomic E-state index is 12.6. The van der Waals surface area contributed by atoms with Gasteiger partial charge in [-0.1, -0.05) is 144 Å². The molecule has 0 bridgehead atoms. The molecule has 0 aromatic heterocycles. The minimum absolute atomic E-state index is 0.0533. The Morgan fingerprint density at radius 3 is 1.59 bits per heavy atom. The van der Waals surface area contributed by atoms with Crippen LogP contribution in [0.4, 0.5) is 0 Å². The third-order valence-electron chi connectivity index (χ3n) is 8.69. The molecule has 336 valence electrons. The van der Waals surface area contributed by atoms with Gasteiger partial charge in [0.2, 0.25) is 0 Å². The van der Waals surface area contributed by atoms with Crippen LogP contribution in [-0.2, 0) is 37.5 Å². The largest absolute Gasteiger partial charge is 0.480 e. The predicted molar refractivity (Wildman–Crippen MR) is 236 cm³/mol. The summed E-state index contributed by atoms with van der Waals surface area (Å²) in [5.74, 6) is -2.56. The quantitative estimate of drug-likeness (QED) is 0.0198. The van der Waals surface area contributed by atoms with E-state index in [9.17, 15) is 28.9 Å². The van der Waals surface area contributed by atoms with Gasteiger partial charge >= 0.3 is 25.7 Å². The van der Waals surface area contributed by atoms with E-state index in [4.69, 9.17) is 24.8 Å². The first-order valence-electron chi connectivity index (χ1n) is 21.7. The Labute approximate surface area is 355 Å². The van der Waals surface area contributed by atoms with Gasteiger partial charge in [0.05, 0.1) is 19.3 Å². The second-order valence-corrected chi connectivity index (χ2v) is 15.7. The fraction of sp³-hybridized carbons (Fsp3) is 0.630. The lowest BCUT2D eigenvalue weighted by molar-refractivity contribution is -0.161. The van der Waals surface area contributed by atoms with Crippen LogP contribution in [0.25, 0.3) is 0 Å². The van der Waals surface area contributed by atoms with Crippen molar-refractivity contribution in [3.63, 3.8) is 0 Å². The number of esters is 2. The first kappa shape index (κ1) is 55.6. The van der Waals surface area contributed by atoms with Crippen LogP contribution in [-0.4, -0.2) is 71.1 Å². The van der Waals surface area contributed by atoms with Crippen LogP contribution in [0.5, 0.6) is 0 Å². The number of aliphatic hydroxyl groups is 1. The van der Waals surface area contributed by atoms with Crippen molar-refractivity contribution in [3.05, 3.63) is 85.1 Å². The van der Waals surface area contributed by atoms with E-state index in [1.165, 1.54) is 38.5 Å². The zero-order valence-corrected chi connectivity index (χ0v) is 36.8. The van der Waals surface area contributed by atoms with Gasteiger partial charge in [-0.15, -0.1) is 0 Å². The number of phosphoric acid groups is 1. The van der Waals surface area contributed by atoms with Gasteiger partial charge in [0.1, 0.15) is 12.6 Å². The SMILES string of the molecule is CCCCCCCC/C=C\C/C=C\C/C=C\CCCC(=O)OC[C@H](COP(=O)(O)OC[C@H](N)C(=O)O)OC(=O)CCC/C=C\C/C=C\C/C=C\C/C=C\[C@H](O)CCCC. The Morgan fingerprint density at radius 1 is 0.593 bits per heavy atom. The molecule has 0 heterocycles. The fourth-order valence-corrected chi connectivity index (χ4v) is 5.99. The van der Waals surface area contributed by atoms with E-state index < -0.39 is 57.7 Å². The minimum Gasteiger partial charge on any atom is -0.480 e. The fourth-order valence-electron chi connectivity index (χ4n) is 5.21. The number of ether oxygens (including phenoxy) is 2. The standard InChI is InChI=1S/C46H76NO11P/c1-3-5-7-8-9-10-11-12-13-14-15-16-20-23-26-29-32-36-44(49)55-38-42(39-56-59(53,54)57-40-43(47)46(51)52)58-45(50)37-33-30-27-24-21-18-17-19-22-25-28-31-35-41(48)34-6-4-2/h12-13,15-18,22-27,31,35,41-43,48H,3-11,14,19-21,28-30,32-34,36-40,47H2,1-2H3,(H,51,52)(H,53,54)/b13-12-,16-15-,18-17-,25-22-,26-23-,27-24-,35-31-/t41-,42-,43+/m1/s1. The zero-order valence-electron chi connectivity index (χ0n) is 35.9. The maximum Gasteiger partial charge on any atom is 0.472 e. The zero-order chi connectivity index (χ0) is 43.7. The molecule has 59 heavy (non-hydrogen) atoms. The van der Waals surface area contributed by atoms with Crippen molar-refractivity contribution in [1.29, 1.82) is 0 Å². The molecule has 0 saturated heterocycles. The van der Waals surface area contributed by atoms with Gasteiger partial charge in [0.15, 0.2) is 6.10 Å². The average molecular weight is 850 g/mol. The average Bonchev–Trinajstić information content (AvgIpc) is 3.21. The molecule has 0 amide bonds. The van der Waals surface area contributed by atoms with Crippen molar-refractivity contribution < 1.29 is 52.6 Å². The predicted octanol–water partition coefficient (Wildman–Crippen LogP) is 10.5. The number of unbranched alkanes of at least 4 members (excludes halogenated alkanes) is 9. The van der Waals surface area contributed by atoms with Crippen molar-refractivity contribution in [2.75, 3.05) is 19.8 Å². The number of nitrogens with two attached hydrogens (primary N) is 1. The highest BCUT2D eigenvalue weighted by atomic mass is 31.2. The lowest BCUT2D eigenvalue weighted by Gasteiger charge is -2.20. The molecule has 0 rings (SSSR count). The van der Waals surface area contributed by atoms with E-state index in [1.807, 2.05) is 36.5 Å². The molecule has 4 atom stereocenters. The van der Waals surface area contributed by atoms with Crippen molar-refractivity contribution >= 4 is 25.7 Å². The number of carboxylic acid groups (broad SMARTS) is 1. The van der Waals surface area contributed by atoms with Gasteiger partial charge in [0, 0.05) is 12.8 Å². The number of hydrogen-bond acceptors (Lipinski definition) is 10. The van der Waals surface area contributed by atoms with Crippen molar-refractivity contribution in [3.8, 4) is 0 Å². The lowest BCUT2D eigenvalue weighted by atomic mass is 10.1. The molecule has 13 heteroatoms. The Balaban J connectivity index is 4.59. The molecule has 1 unspecified atom stereocenters. The summed E-state index contributed by atoms with van der Waals surface area (Å²) in [6.07, 6.45) is 45.7. The summed E-state index contributed by atoms with van der Waals surface area (Å²) >= 11 is 0. The smallest absolute Gasteiger partial charge is 0.472 e. The molecule has 0 fully saturated rings. The highest BCUT2D eigenvalue weighted by molar-refractivity contribution is 7.47. The summed E-state index contributed by atoms with van der Waals surface area (Å²) in [5.41, 5.74) is 5.32. The van der Waals surface area contributed by atoms with Crippen LogP contribution in [0.3, 0.4) is 0 Å². The summed E-state index contributed by atoms with van der Waals surface area (Å²) in [4.78, 5) is 45.9. The maximum atomic E-state index is 12.6. The molecule has 0 aliphatic rings. The van der Waals surface area contributed by atoms with E-state index in [0.29, 0.717) is 25.7 Å². The van der Waals surface area contributed by atoms with Gasteiger partial charge in [-0.25, -0.2) is 4.57 Å². The topological polar surface area (TPSA) is 192 Å². The Hall–Kier alpha value is -3.38. The lowest BCUT2D eigenvalue weighted by Crippen LogP contribution is -2.34. The van der Waals surface area contributed by atoms with Gasteiger partial charge in [-0.3, -0.25) is 23.4 Å². The highest BCUT2D eigenvalue weighted by Gasteiger charge is 2.28. The highest BCUT2D eigenvalue weighted by Crippen LogP contribution is 2.43. The molecular formula is C46H76NO11P. The summed E-state index contributed by atoms with van der Waals surface area (Å²) in [6, 6.07) is -1.55. The molecule has 12 nitrogen and oxygen atoms in total. The van der Waals surface area contributed by atoms with Gasteiger partial charge in [-0.05, 0) is 77.0 Å². The van der Waals surface area contributed by atoms with E-state index in [2.05, 4.69) is 67.0 Å². The van der Waals surface area contributed by atoms with Crippen molar-refractivity contribution in [1.82, 2.24) is 0 Å². The number of rotatable bonds is 39. The van der Waals surface area contributed by atoms with Crippen molar-refractivity contribution in [2.45, 2.75) is 167 Å². The number of allylic oxidation sites excluding steroid dienone is 13. The Morgan fingerprint density at radius 2 is 1.05 bits per heavy atom. The van der Waals surface area contributed by atoms with E-state index in [0.717, 1.165) is 57.8 Å². The molecule has 0 saturated carbocycles. The number of hydrogen-bond donors (Lipinski definition) is 4. The second kappa shape index (κ2) is 40.0. The van der Waals surface area contributed by atoms with Crippen LogP contribution >= 0.6 is 7.82 Å². The number of phosphoric ester groups is 1. The first-order valence-corrected chi connectivity index (χ1v) is 23.2. The summed E-state index contributed by atoms with van der Waals surface area (Å²) in [6.45, 7) is 2.51. The first-order chi connectivity index (χ1) is 28.5. The van der Waals surface area contributed by atoms with Crippen LogP contribution in [0.2, 0.25) is 0 Å².